The summed E-state index contributed by atoms with van der Waals surface area (Å²) in [6.07, 6.45) is 44.2. The van der Waals surface area contributed by atoms with E-state index in [1.165, 1.54) is 193 Å². The van der Waals surface area contributed by atoms with E-state index in [9.17, 15) is 0 Å². The Kier molecular flexibility index (Phi) is 40.5. The Balaban J connectivity index is 0. The second kappa shape index (κ2) is 38.2. The second-order valence-corrected chi connectivity index (χ2v) is 12.1. The molecule has 0 aliphatic rings. The van der Waals surface area contributed by atoms with Gasteiger partial charge < -0.3 is 0 Å². The molecule has 0 saturated heterocycles. The molecule has 0 aliphatic heterocycles. The van der Waals surface area contributed by atoms with Gasteiger partial charge in [0.25, 0.3) is 0 Å². The van der Waals surface area contributed by atoms with Gasteiger partial charge in [0.05, 0.1) is 7.85 Å². The standard InChI is InChI=1S/C29H60.C7H15B/c1-4-7-9-11-13-14-15-16-17-18-19-20-21-22-24-26-28-29(6-3)27-25-23-12-10-8-5-2;1-2-3-4-5-6-7-8/h29H,4-28H2,1-3H3;2-7H2,1H3. The fourth-order valence-corrected chi connectivity index (χ4v) is 5.49. The molecule has 0 rings (SSSR count). The molecule has 1 atom stereocenters. The second-order valence-electron chi connectivity index (χ2n) is 12.1. The van der Waals surface area contributed by atoms with E-state index < -0.39 is 0 Å². The molecular weight excluding hydrogens is 443 g/mol. The number of unbranched alkanes of at least 4 members (excludes halogenated alkanes) is 24. The van der Waals surface area contributed by atoms with Crippen molar-refractivity contribution in [3.63, 3.8) is 0 Å². The van der Waals surface area contributed by atoms with E-state index in [2.05, 4.69) is 27.7 Å². The molecule has 0 aromatic rings. The maximum absolute atomic E-state index is 5.31. The molecule has 0 N–H and O–H groups in total. The van der Waals surface area contributed by atoms with Crippen molar-refractivity contribution < 1.29 is 0 Å². The lowest BCUT2D eigenvalue weighted by molar-refractivity contribution is 0.392. The van der Waals surface area contributed by atoms with Gasteiger partial charge in [-0.2, -0.15) is 0 Å². The molecule has 37 heavy (non-hydrogen) atoms. The lowest BCUT2D eigenvalue weighted by Gasteiger charge is -2.14. The summed E-state index contributed by atoms with van der Waals surface area (Å²) >= 11 is 0. The quantitative estimate of drug-likeness (QED) is 0.0655. The van der Waals surface area contributed by atoms with Crippen molar-refractivity contribution in [1.82, 2.24) is 0 Å². The molecule has 1 heteroatoms. The minimum Gasteiger partial charge on any atom is -0.0887 e. The molecule has 0 amide bonds. The molecular formula is C36H75B. The van der Waals surface area contributed by atoms with Gasteiger partial charge >= 0.3 is 0 Å². The summed E-state index contributed by atoms with van der Waals surface area (Å²) < 4.78 is 0. The lowest BCUT2D eigenvalue weighted by Crippen LogP contribution is -1.99. The van der Waals surface area contributed by atoms with E-state index in [4.69, 9.17) is 7.85 Å². The Bertz CT molecular complexity index is 347. The first kappa shape index (κ1) is 39.2. The van der Waals surface area contributed by atoms with Crippen LogP contribution in [0.1, 0.15) is 220 Å². The molecule has 0 bridgehead atoms. The van der Waals surface area contributed by atoms with Crippen molar-refractivity contribution in [1.29, 1.82) is 0 Å². The third-order valence-corrected chi connectivity index (χ3v) is 8.32. The van der Waals surface area contributed by atoms with Crippen molar-refractivity contribution in [2.75, 3.05) is 0 Å². The summed E-state index contributed by atoms with van der Waals surface area (Å²) in [4.78, 5) is 0. The third-order valence-electron chi connectivity index (χ3n) is 8.32. The van der Waals surface area contributed by atoms with Gasteiger partial charge in [-0.1, -0.05) is 227 Å². The molecule has 1 unspecified atom stereocenters. The molecule has 0 aromatic heterocycles. The van der Waals surface area contributed by atoms with Crippen LogP contribution in [0.3, 0.4) is 0 Å². The average molecular weight is 519 g/mol. The lowest BCUT2D eigenvalue weighted by atomic mass is 9.92. The average Bonchev–Trinajstić information content (AvgIpc) is 2.92. The third kappa shape index (κ3) is 38.3. The monoisotopic (exact) mass is 519 g/mol. The fourth-order valence-electron chi connectivity index (χ4n) is 5.49. The van der Waals surface area contributed by atoms with Crippen LogP contribution in [0.25, 0.3) is 0 Å². The normalized spacial score (nSPS) is 11.9. The minimum atomic E-state index is 0.865. The highest BCUT2D eigenvalue weighted by atomic mass is 14.1. The van der Waals surface area contributed by atoms with E-state index in [-0.39, 0.29) is 0 Å². The Morgan fingerprint density at radius 1 is 0.324 bits per heavy atom. The number of rotatable bonds is 30. The van der Waals surface area contributed by atoms with E-state index in [0.29, 0.717) is 0 Å². The molecule has 0 spiro atoms. The van der Waals surface area contributed by atoms with Gasteiger partial charge in [-0.05, 0) is 5.92 Å². The van der Waals surface area contributed by atoms with E-state index in [1.54, 1.807) is 0 Å². The molecule has 0 aromatic carbocycles. The van der Waals surface area contributed by atoms with Crippen LogP contribution < -0.4 is 0 Å². The SMILES string of the molecule is CCCCCCCCCCCCCCCCCCC(CC)CCCCCCCC.[B]CCCCCCC. The van der Waals surface area contributed by atoms with Gasteiger partial charge in [0, 0.05) is 0 Å². The van der Waals surface area contributed by atoms with Crippen molar-refractivity contribution in [2.24, 2.45) is 5.92 Å². The molecule has 222 valence electrons. The van der Waals surface area contributed by atoms with Gasteiger partial charge in [-0.3, -0.25) is 0 Å². The zero-order valence-corrected chi connectivity index (χ0v) is 27.1. The molecule has 0 saturated carbocycles. The van der Waals surface area contributed by atoms with Crippen molar-refractivity contribution in [3.8, 4) is 0 Å². The summed E-state index contributed by atoms with van der Waals surface area (Å²) in [6.45, 7) is 9.25. The maximum Gasteiger partial charge on any atom is 0.0653 e. The molecule has 0 nitrogen and oxygen atoms in total. The molecule has 2 radical (unpaired) electrons. The first-order valence-electron chi connectivity index (χ1n) is 18.0. The van der Waals surface area contributed by atoms with Crippen LogP contribution in [0.15, 0.2) is 0 Å². The maximum atomic E-state index is 5.31. The van der Waals surface area contributed by atoms with Crippen molar-refractivity contribution in [2.45, 2.75) is 227 Å². The van der Waals surface area contributed by atoms with Gasteiger partial charge in [0.1, 0.15) is 0 Å². The summed E-state index contributed by atoms with van der Waals surface area (Å²) in [5.41, 5.74) is 0. The smallest absolute Gasteiger partial charge is 0.0653 e. The van der Waals surface area contributed by atoms with Crippen molar-refractivity contribution >= 4 is 7.85 Å². The zero-order valence-electron chi connectivity index (χ0n) is 27.1. The van der Waals surface area contributed by atoms with Crippen LogP contribution in [0.2, 0.25) is 6.32 Å². The highest BCUT2D eigenvalue weighted by molar-refractivity contribution is 6.08. The van der Waals surface area contributed by atoms with Crippen LogP contribution in [0.4, 0.5) is 0 Å². The van der Waals surface area contributed by atoms with Gasteiger partial charge in [-0.15, -0.1) is 0 Å². The summed E-state index contributed by atoms with van der Waals surface area (Å²) in [6, 6.07) is 0. The Morgan fingerprint density at radius 3 is 0.811 bits per heavy atom. The zero-order chi connectivity index (χ0) is 27.5. The molecule has 0 heterocycles. The topological polar surface area (TPSA) is 0 Å². The Hall–Kier alpha value is 0.0649. The fraction of sp³-hybridized carbons (Fsp3) is 1.00. The molecule has 0 aliphatic carbocycles. The first-order chi connectivity index (χ1) is 18.3. The van der Waals surface area contributed by atoms with Crippen LogP contribution in [-0.4, -0.2) is 7.85 Å². The number of hydrogen-bond donors (Lipinski definition) is 0. The largest absolute Gasteiger partial charge is 0.0887 e. The van der Waals surface area contributed by atoms with Gasteiger partial charge in [0.15, 0.2) is 0 Å². The Labute approximate surface area is 240 Å². The van der Waals surface area contributed by atoms with Crippen LogP contribution in [0, 0.1) is 5.92 Å². The summed E-state index contributed by atoms with van der Waals surface area (Å²) in [5, 5.41) is 0. The summed E-state index contributed by atoms with van der Waals surface area (Å²) in [5.74, 6) is 1.02. The number of hydrogen-bond acceptors (Lipinski definition) is 0. The Morgan fingerprint density at radius 2 is 0.568 bits per heavy atom. The highest BCUT2D eigenvalue weighted by Gasteiger charge is 2.06. The van der Waals surface area contributed by atoms with Crippen molar-refractivity contribution in [3.05, 3.63) is 0 Å². The van der Waals surface area contributed by atoms with Crippen LogP contribution in [0.5, 0.6) is 0 Å². The van der Waals surface area contributed by atoms with Crippen LogP contribution >= 0.6 is 0 Å². The minimum absolute atomic E-state index is 0.865. The molecule has 0 fully saturated rings. The van der Waals surface area contributed by atoms with E-state index in [1.807, 2.05) is 0 Å². The van der Waals surface area contributed by atoms with E-state index >= 15 is 0 Å². The van der Waals surface area contributed by atoms with Gasteiger partial charge in [0.2, 0.25) is 0 Å². The highest BCUT2D eigenvalue weighted by Crippen LogP contribution is 2.22. The summed E-state index contributed by atoms with van der Waals surface area (Å²) in [7, 11) is 5.31. The first-order valence-corrected chi connectivity index (χ1v) is 18.0. The predicted molar refractivity (Wildman–Crippen MR) is 175 cm³/mol. The van der Waals surface area contributed by atoms with E-state index in [0.717, 1.165) is 12.2 Å². The van der Waals surface area contributed by atoms with Gasteiger partial charge in [-0.25, -0.2) is 0 Å². The van der Waals surface area contributed by atoms with Crippen LogP contribution in [-0.2, 0) is 0 Å². The predicted octanol–water partition coefficient (Wildman–Crippen LogP) is 14.0.